The number of halogens is 6. The van der Waals surface area contributed by atoms with Gasteiger partial charge in [0.05, 0.1) is 21.7 Å². The van der Waals surface area contributed by atoms with Crippen LogP contribution in [0.3, 0.4) is 0 Å². The van der Waals surface area contributed by atoms with Crippen LogP contribution in [-0.4, -0.2) is 14.2 Å². The van der Waals surface area contributed by atoms with Crippen LogP contribution in [0, 0.1) is 0 Å². The van der Waals surface area contributed by atoms with Gasteiger partial charge in [0.25, 0.3) is 10.0 Å². The smallest absolute Gasteiger partial charge is 0.295 e. The molecule has 2 aromatic carbocycles. The minimum Gasteiger partial charge on any atom is -0.295 e. The van der Waals surface area contributed by atoms with E-state index in [1.165, 1.54) is 19.1 Å². The van der Waals surface area contributed by atoms with Crippen molar-refractivity contribution in [2.75, 3.05) is 4.72 Å². The van der Waals surface area contributed by atoms with Crippen molar-refractivity contribution >= 4 is 21.5 Å². The van der Waals surface area contributed by atoms with Gasteiger partial charge in [-0.1, -0.05) is 12.1 Å². The Hall–Kier alpha value is -2.56. The molecule has 0 heterocycles. The van der Waals surface area contributed by atoms with Crippen LogP contribution in [-0.2, 0) is 22.4 Å². The predicted octanol–water partition coefficient (Wildman–Crippen LogP) is 4.73. The van der Waals surface area contributed by atoms with E-state index in [0.717, 1.165) is 12.1 Å². The van der Waals surface area contributed by atoms with Crippen LogP contribution in [0.15, 0.2) is 47.4 Å². The van der Waals surface area contributed by atoms with Crippen molar-refractivity contribution in [2.24, 2.45) is 0 Å². The summed E-state index contributed by atoms with van der Waals surface area (Å²) in [5.74, 6) is -0.348. The molecule has 0 aromatic heterocycles. The van der Waals surface area contributed by atoms with Gasteiger partial charge in [-0.05, 0) is 37.3 Å². The molecule has 0 amide bonds. The highest BCUT2D eigenvalue weighted by Crippen LogP contribution is 2.38. The fourth-order valence-electron chi connectivity index (χ4n) is 2.10. The molecular weight excluding hydrogens is 400 g/mol. The standard InChI is InChI=1S/C16H11F6NO3S/c1-9(24)10-2-4-14(5-3-10)27(25,26)23-13-7-11(15(17,18)19)6-12(8-13)16(20,21)22/h2-8,23H,1H3. The number of carbonyl (C=O) groups is 1. The first-order valence-corrected chi connectivity index (χ1v) is 8.62. The molecule has 0 saturated carbocycles. The summed E-state index contributed by atoms with van der Waals surface area (Å²) < 4.78 is 103. The third kappa shape index (κ3) is 5.00. The number of sulfonamides is 1. The second-order valence-corrected chi connectivity index (χ2v) is 7.16. The van der Waals surface area contributed by atoms with Crippen molar-refractivity contribution in [1.29, 1.82) is 0 Å². The molecule has 0 radical (unpaired) electrons. The third-order valence-electron chi connectivity index (χ3n) is 3.41. The SMILES string of the molecule is CC(=O)c1ccc(S(=O)(=O)Nc2cc(C(F)(F)F)cc(C(F)(F)F)c2)cc1. The summed E-state index contributed by atoms with van der Waals surface area (Å²) in [4.78, 5) is 10.8. The van der Waals surface area contributed by atoms with Crippen LogP contribution >= 0.6 is 0 Å². The zero-order chi connectivity index (χ0) is 20.6. The second-order valence-electron chi connectivity index (χ2n) is 5.48. The van der Waals surface area contributed by atoms with Crippen molar-refractivity contribution in [3.63, 3.8) is 0 Å². The summed E-state index contributed by atoms with van der Waals surface area (Å²) in [6, 6.07) is 4.77. The summed E-state index contributed by atoms with van der Waals surface area (Å²) >= 11 is 0. The van der Waals surface area contributed by atoms with E-state index in [1.54, 1.807) is 4.72 Å². The number of carbonyl (C=O) groups excluding carboxylic acids is 1. The fourth-order valence-corrected chi connectivity index (χ4v) is 3.14. The van der Waals surface area contributed by atoms with Gasteiger partial charge in [-0.2, -0.15) is 26.3 Å². The molecule has 0 aliphatic heterocycles. The maximum Gasteiger partial charge on any atom is 0.416 e. The lowest BCUT2D eigenvalue weighted by molar-refractivity contribution is -0.143. The molecule has 1 N–H and O–H groups in total. The number of ketones is 1. The molecule has 0 spiro atoms. The first-order valence-electron chi connectivity index (χ1n) is 7.13. The van der Waals surface area contributed by atoms with E-state index in [9.17, 15) is 39.6 Å². The Balaban J connectivity index is 2.47. The molecule has 0 aliphatic rings. The molecule has 0 aliphatic carbocycles. The molecule has 4 nitrogen and oxygen atoms in total. The first kappa shape index (κ1) is 20.7. The van der Waals surface area contributed by atoms with Crippen LogP contribution in [0.25, 0.3) is 0 Å². The average Bonchev–Trinajstić information content (AvgIpc) is 2.52. The Kier molecular flexibility index (Phi) is 5.28. The van der Waals surface area contributed by atoms with Gasteiger partial charge in [0.2, 0.25) is 0 Å². The molecule has 11 heteroatoms. The molecule has 2 aromatic rings. The Labute approximate surface area is 149 Å². The van der Waals surface area contributed by atoms with E-state index >= 15 is 0 Å². The lowest BCUT2D eigenvalue weighted by Gasteiger charge is -2.15. The number of hydrogen-bond acceptors (Lipinski definition) is 3. The summed E-state index contributed by atoms with van der Waals surface area (Å²) in [6.45, 7) is 1.24. The van der Waals surface area contributed by atoms with E-state index < -0.39 is 44.1 Å². The number of benzene rings is 2. The molecule has 0 saturated heterocycles. The van der Waals surface area contributed by atoms with Crippen LogP contribution in [0.4, 0.5) is 32.0 Å². The van der Waals surface area contributed by atoms with Crippen molar-refractivity contribution < 1.29 is 39.6 Å². The van der Waals surface area contributed by atoms with E-state index in [4.69, 9.17) is 0 Å². The van der Waals surface area contributed by atoms with Gasteiger partial charge in [-0.25, -0.2) is 8.42 Å². The normalized spacial score (nSPS) is 12.7. The highest BCUT2D eigenvalue weighted by atomic mass is 32.2. The summed E-state index contributed by atoms with van der Waals surface area (Å²) in [5, 5.41) is 0. The molecule has 0 bridgehead atoms. The lowest BCUT2D eigenvalue weighted by atomic mass is 10.1. The molecular formula is C16H11F6NO3S. The van der Waals surface area contributed by atoms with Gasteiger partial charge >= 0.3 is 12.4 Å². The van der Waals surface area contributed by atoms with Gasteiger partial charge in [0, 0.05) is 5.56 Å². The number of nitrogens with one attached hydrogen (secondary N) is 1. The Bertz CT molecular complexity index is 931. The van der Waals surface area contributed by atoms with Crippen molar-refractivity contribution in [2.45, 2.75) is 24.2 Å². The zero-order valence-electron chi connectivity index (χ0n) is 13.4. The molecule has 146 valence electrons. The summed E-state index contributed by atoms with van der Waals surface area (Å²) in [5.41, 5.74) is -4.01. The quantitative estimate of drug-likeness (QED) is 0.585. The van der Waals surface area contributed by atoms with Crippen molar-refractivity contribution in [3.8, 4) is 0 Å². The minimum atomic E-state index is -5.11. The number of Topliss-reactive ketones (excluding diaryl/α,β-unsaturated/α-hetero) is 1. The van der Waals surface area contributed by atoms with Crippen LogP contribution in [0.2, 0.25) is 0 Å². The summed E-state index contributed by atoms with van der Waals surface area (Å²) in [7, 11) is -4.48. The summed E-state index contributed by atoms with van der Waals surface area (Å²) in [6.07, 6.45) is -10.2. The Morgan fingerprint density at radius 2 is 1.30 bits per heavy atom. The number of anilines is 1. The number of hydrogen-bond donors (Lipinski definition) is 1. The Morgan fingerprint density at radius 1 is 0.852 bits per heavy atom. The van der Waals surface area contributed by atoms with E-state index in [2.05, 4.69) is 0 Å². The van der Waals surface area contributed by atoms with Crippen LogP contribution in [0.1, 0.15) is 28.4 Å². The van der Waals surface area contributed by atoms with Crippen LogP contribution in [0.5, 0.6) is 0 Å². The zero-order valence-corrected chi connectivity index (χ0v) is 14.3. The third-order valence-corrected chi connectivity index (χ3v) is 4.81. The molecule has 0 atom stereocenters. The maximum atomic E-state index is 12.8. The van der Waals surface area contributed by atoms with E-state index in [-0.39, 0.29) is 29.5 Å². The predicted molar refractivity (Wildman–Crippen MR) is 83.7 cm³/mol. The van der Waals surface area contributed by atoms with E-state index in [0.29, 0.717) is 0 Å². The largest absolute Gasteiger partial charge is 0.416 e. The number of alkyl halides is 6. The highest BCUT2D eigenvalue weighted by molar-refractivity contribution is 7.92. The first-order chi connectivity index (χ1) is 12.2. The Morgan fingerprint density at radius 3 is 1.67 bits per heavy atom. The van der Waals surface area contributed by atoms with Gasteiger partial charge in [0.15, 0.2) is 5.78 Å². The average molecular weight is 411 g/mol. The van der Waals surface area contributed by atoms with Gasteiger partial charge in [-0.3, -0.25) is 9.52 Å². The monoisotopic (exact) mass is 411 g/mol. The lowest BCUT2D eigenvalue weighted by Crippen LogP contribution is -2.16. The van der Waals surface area contributed by atoms with Gasteiger partial charge < -0.3 is 0 Å². The van der Waals surface area contributed by atoms with E-state index in [1.807, 2.05) is 0 Å². The number of rotatable bonds is 4. The van der Waals surface area contributed by atoms with Crippen molar-refractivity contribution in [1.82, 2.24) is 0 Å². The topological polar surface area (TPSA) is 63.2 Å². The second kappa shape index (κ2) is 6.87. The minimum absolute atomic E-state index is 0.112. The fraction of sp³-hybridized carbons (Fsp3) is 0.188. The van der Waals surface area contributed by atoms with Gasteiger partial charge in [0.1, 0.15) is 0 Å². The van der Waals surface area contributed by atoms with Crippen LogP contribution < -0.4 is 4.72 Å². The highest BCUT2D eigenvalue weighted by Gasteiger charge is 2.37. The molecule has 2 rings (SSSR count). The van der Waals surface area contributed by atoms with Crippen molar-refractivity contribution in [3.05, 3.63) is 59.2 Å². The maximum absolute atomic E-state index is 12.8. The molecule has 27 heavy (non-hydrogen) atoms. The van der Waals surface area contributed by atoms with Gasteiger partial charge in [-0.15, -0.1) is 0 Å². The molecule has 0 unspecified atom stereocenters. The molecule has 0 fully saturated rings.